The first kappa shape index (κ1) is 15.5. The summed E-state index contributed by atoms with van der Waals surface area (Å²) in [6.45, 7) is 3.47. The predicted octanol–water partition coefficient (Wildman–Crippen LogP) is 2.10. The molecule has 116 valence electrons. The molecule has 1 fully saturated rings. The third-order valence-electron chi connectivity index (χ3n) is 4.07. The van der Waals surface area contributed by atoms with Crippen LogP contribution in [-0.2, 0) is 21.4 Å². The number of carbonyl (C=O) groups is 2. The second-order valence-corrected chi connectivity index (χ2v) is 5.73. The van der Waals surface area contributed by atoms with Gasteiger partial charge in [0, 0.05) is 13.5 Å². The molecular formula is C15H23N3O3. The summed E-state index contributed by atoms with van der Waals surface area (Å²) in [5, 5.41) is 6.97. The molecule has 1 amide bonds. The molecule has 0 radical (unpaired) electrons. The Kier molecular flexibility index (Phi) is 4.98. The Balaban J connectivity index is 1.77. The lowest BCUT2D eigenvalue weighted by molar-refractivity contribution is -0.148. The average Bonchev–Trinajstić information content (AvgIpc) is 3.01. The molecule has 1 aromatic rings. The van der Waals surface area contributed by atoms with Crippen LogP contribution in [0.5, 0.6) is 0 Å². The minimum atomic E-state index is -0.325. The number of hydrogen-bond acceptors (Lipinski definition) is 4. The number of ether oxygens (including phenoxy) is 1. The SMILES string of the molecule is Cc1nn(C)c(C)c1NC(=O)COC(=O)CC1CCCC1. The normalized spacial score (nSPS) is 15.2. The van der Waals surface area contributed by atoms with Gasteiger partial charge in [0.1, 0.15) is 0 Å². The number of carbonyl (C=O) groups excluding carboxylic acids is 2. The predicted molar refractivity (Wildman–Crippen MR) is 78.8 cm³/mol. The van der Waals surface area contributed by atoms with E-state index in [1.807, 2.05) is 20.9 Å². The monoisotopic (exact) mass is 293 g/mol. The summed E-state index contributed by atoms with van der Waals surface area (Å²) in [6.07, 6.45) is 5.00. The molecule has 0 unspecified atom stereocenters. The number of aromatic nitrogens is 2. The molecule has 21 heavy (non-hydrogen) atoms. The van der Waals surface area contributed by atoms with Crippen LogP contribution in [-0.4, -0.2) is 28.3 Å². The maximum absolute atomic E-state index is 11.8. The number of hydrogen-bond donors (Lipinski definition) is 1. The fourth-order valence-electron chi connectivity index (χ4n) is 2.79. The van der Waals surface area contributed by atoms with Crippen LogP contribution in [0, 0.1) is 19.8 Å². The largest absolute Gasteiger partial charge is 0.456 e. The summed E-state index contributed by atoms with van der Waals surface area (Å²) in [6, 6.07) is 0. The smallest absolute Gasteiger partial charge is 0.306 e. The molecule has 0 aromatic carbocycles. The number of rotatable bonds is 5. The number of aryl methyl sites for hydroxylation is 2. The highest BCUT2D eigenvalue weighted by atomic mass is 16.5. The molecule has 1 saturated carbocycles. The molecule has 1 aliphatic rings. The number of amides is 1. The van der Waals surface area contributed by atoms with Crippen LogP contribution in [0.3, 0.4) is 0 Å². The maximum atomic E-state index is 11.8. The Morgan fingerprint density at radius 3 is 2.57 bits per heavy atom. The van der Waals surface area contributed by atoms with Gasteiger partial charge < -0.3 is 10.1 Å². The van der Waals surface area contributed by atoms with E-state index in [4.69, 9.17) is 4.74 Å². The van der Waals surface area contributed by atoms with E-state index in [-0.39, 0.29) is 18.5 Å². The van der Waals surface area contributed by atoms with Crippen molar-refractivity contribution in [1.82, 2.24) is 9.78 Å². The minimum Gasteiger partial charge on any atom is -0.456 e. The highest BCUT2D eigenvalue weighted by Gasteiger charge is 2.20. The van der Waals surface area contributed by atoms with Gasteiger partial charge in [0.05, 0.1) is 17.1 Å². The van der Waals surface area contributed by atoms with Gasteiger partial charge >= 0.3 is 5.97 Å². The first-order valence-electron chi connectivity index (χ1n) is 7.43. The molecule has 1 aliphatic carbocycles. The third kappa shape index (κ3) is 4.06. The molecule has 6 heteroatoms. The lowest BCUT2D eigenvalue weighted by Gasteiger charge is -2.09. The van der Waals surface area contributed by atoms with Crippen molar-refractivity contribution in [3.8, 4) is 0 Å². The Morgan fingerprint density at radius 2 is 2.00 bits per heavy atom. The number of esters is 1. The summed E-state index contributed by atoms with van der Waals surface area (Å²) in [5.41, 5.74) is 2.31. The van der Waals surface area contributed by atoms with E-state index in [1.165, 1.54) is 12.8 Å². The van der Waals surface area contributed by atoms with Crippen molar-refractivity contribution in [1.29, 1.82) is 0 Å². The van der Waals surface area contributed by atoms with Gasteiger partial charge in [-0.1, -0.05) is 12.8 Å². The fourth-order valence-corrected chi connectivity index (χ4v) is 2.79. The van der Waals surface area contributed by atoms with E-state index in [2.05, 4.69) is 10.4 Å². The van der Waals surface area contributed by atoms with Crippen LogP contribution in [0.25, 0.3) is 0 Å². The van der Waals surface area contributed by atoms with Gasteiger partial charge in [-0.2, -0.15) is 5.10 Å². The number of anilines is 1. The number of nitrogens with zero attached hydrogens (tertiary/aromatic N) is 2. The van der Waals surface area contributed by atoms with E-state index in [1.54, 1.807) is 4.68 Å². The van der Waals surface area contributed by atoms with Crippen molar-refractivity contribution >= 4 is 17.6 Å². The summed E-state index contributed by atoms with van der Waals surface area (Å²) < 4.78 is 6.75. The standard InChI is InChI=1S/C15H23N3O3/c1-10-15(11(2)18(3)17-10)16-13(19)9-21-14(20)8-12-6-4-5-7-12/h12H,4-9H2,1-3H3,(H,16,19). The molecule has 1 N–H and O–H groups in total. The summed E-state index contributed by atoms with van der Waals surface area (Å²) in [5.74, 6) is -0.172. The molecule has 6 nitrogen and oxygen atoms in total. The highest BCUT2D eigenvalue weighted by Crippen LogP contribution is 2.27. The Labute approximate surface area is 124 Å². The topological polar surface area (TPSA) is 73.2 Å². The highest BCUT2D eigenvalue weighted by molar-refractivity contribution is 5.93. The Hall–Kier alpha value is -1.85. The van der Waals surface area contributed by atoms with E-state index >= 15 is 0 Å². The quantitative estimate of drug-likeness (QED) is 0.844. The van der Waals surface area contributed by atoms with Gasteiger partial charge in [-0.25, -0.2) is 0 Å². The first-order valence-corrected chi connectivity index (χ1v) is 7.43. The zero-order valence-electron chi connectivity index (χ0n) is 12.9. The molecule has 0 bridgehead atoms. The van der Waals surface area contributed by atoms with Gasteiger partial charge in [0.2, 0.25) is 0 Å². The van der Waals surface area contributed by atoms with Crippen LogP contribution < -0.4 is 5.32 Å². The Morgan fingerprint density at radius 1 is 1.33 bits per heavy atom. The fraction of sp³-hybridized carbons (Fsp3) is 0.667. The van der Waals surface area contributed by atoms with Crippen molar-refractivity contribution in [2.75, 3.05) is 11.9 Å². The average molecular weight is 293 g/mol. The zero-order chi connectivity index (χ0) is 15.4. The van der Waals surface area contributed by atoms with E-state index in [0.717, 1.165) is 24.2 Å². The van der Waals surface area contributed by atoms with Gasteiger partial charge in [0.25, 0.3) is 5.91 Å². The van der Waals surface area contributed by atoms with Crippen LogP contribution in [0.15, 0.2) is 0 Å². The molecule has 1 heterocycles. The molecule has 2 rings (SSSR count). The van der Waals surface area contributed by atoms with Gasteiger partial charge in [-0.05, 0) is 32.6 Å². The van der Waals surface area contributed by atoms with Crippen molar-refractivity contribution < 1.29 is 14.3 Å². The zero-order valence-corrected chi connectivity index (χ0v) is 12.9. The number of nitrogens with one attached hydrogen (secondary N) is 1. The lowest BCUT2D eigenvalue weighted by Crippen LogP contribution is -2.22. The molecule has 0 saturated heterocycles. The van der Waals surface area contributed by atoms with E-state index in [0.29, 0.717) is 18.0 Å². The second-order valence-electron chi connectivity index (χ2n) is 5.73. The Bertz CT molecular complexity index is 531. The van der Waals surface area contributed by atoms with E-state index in [9.17, 15) is 9.59 Å². The van der Waals surface area contributed by atoms with Crippen molar-refractivity contribution in [3.63, 3.8) is 0 Å². The van der Waals surface area contributed by atoms with Gasteiger partial charge in [-0.3, -0.25) is 14.3 Å². The second kappa shape index (κ2) is 6.74. The van der Waals surface area contributed by atoms with Crippen LogP contribution >= 0.6 is 0 Å². The maximum Gasteiger partial charge on any atom is 0.306 e. The van der Waals surface area contributed by atoms with Crippen molar-refractivity contribution in [2.45, 2.75) is 46.0 Å². The lowest BCUT2D eigenvalue weighted by atomic mass is 10.1. The first-order chi connectivity index (χ1) is 9.97. The molecular weight excluding hydrogens is 270 g/mol. The summed E-state index contributed by atoms with van der Waals surface area (Å²) >= 11 is 0. The van der Waals surface area contributed by atoms with Crippen LogP contribution in [0.4, 0.5) is 5.69 Å². The van der Waals surface area contributed by atoms with Gasteiger partial charge in [-0.15, -0.1) is 0 Å². The van der Waals surface area contributed by atoms with Crippen LogP contribution in [0.1, 0.15) is 43.5 Å². The third-order valence-corrected chi connectivity index (χ3v) is 4.07. The van der Waals surface area contributed by atoms with Crippen LogP contribution in [0.2, 0.25) is 0 Å². The van der Waals surface area contributed by atoms with E-state index < -0.39 is 0 Å². The summed E-state index contributed by atoms with van der Waals surface area (Å²) in [7, 11) is 1.82. The molecule has 0 atom stereocenters. The molecule has 0 aliphatic heterocycles. The summed E-state index contributed by atoms with van der Waals surface area (Å²) in [4.78, 5) is 23.5. The molecule has 1 aromatic heterocycles. The minimum absolute atomic E-state index is 0.237. The molecule has 0 spiro atoms. The van der Waals surface area contributed by atoms with Crippen molar-refractivity contribution in [2.24, 2.45) is 13.0 Å². The van der Waals surface area contributed by atoms with Crippen molar-refractivity contribution in [3.05, 3.63) is 11.4 Å². The van der Waals surface area contributed by atoms with Gasteiger partial charge in [0.15, 0.2) is 6.61 Å².